The van der Waals surface area contributed by atoms with Crippen molar-refractivity contribution in [3.05, 3.63) is 106 Å². The molecule has 3 aromatic heterocycles. The predicted octanol–water partition coefficient (Wildman–Crippen LogP) is 5.32. The first-order valence-electron chi connectivity index (χ1n) is 11.0. The van der Waals surface area contributed by atoms with Gasteiger partial charge in [0.1, 0.15) is 10.7 Å². The van der Waals surface area contributed by atoms with Gasteiger partial charge >= 0.3 is 0 Å². The Hall–Kier alpha value is -3.82. The minimum atomic E-state index is -0.177. The van der Waals surface area contributed by atoms with E-state index in [2.05, 4.69) is 56.7 Å². The number of thiazole rings is 1. The summed E-state index contributed by atoms with van der Waals surface area (Å²) in [6, 6.07) is 21.9. The molecule has 174 valence electrons. The summed E-state index contributed by atoms with van der Waals surface area (Å²) in [5, 5.41) is 15.3. The Balaban J connectivity index is 1.32. The Morgan fingerprint density at radius 3 is 2.54 bits per heavy atom. The molecule has 1 N–H and O–H groups in total. The number of pyridine rings is 1. The van der Waals surface area contributed by atoms with Gasteiger partial charge in [-0.2, -0.15) is 0 Å². The molecule has 35 heavy (non-hydrogen) atoms. The molecule has 0 atom stereocenters. The van der Waals surface area contributed by atoms with Crippen LogP contribution in [0.25, 0.3) is 17.1 Å². The zero-order chi connectivity index (χ0) is 24.0. The smallest absolute Gasteiger partial charge is 0.271 e. The highest BCUT2D eigenvalue weighted by molar-refractivity contribution is 7.98. The van der Waals surface area contributed by atoms with Gasteiger partial charge in [-0.05, 0) is 36.8 Å². The maximum Gasteiger partial charge on any atom is 0.271 e. The van der Waals surface area contributed by atoms with Crippen molar-refractivity contribution in [3.63, 3.8) is 0 Å². The van der Waals surface area contributed by atoms with Crippen molar-refractivity contribution >= 4 is 29.0 Å². The first kappa shape index (κ1) is 22.9. The van der Waals surface area contributed by atoms with Gasteiger partial charge in [0.15, 0.2) is 11.0 Å². The second kappa shape index (κ2) is 10.6. The van der Waals surface area contributed by atoms with Crippen LogP contribution in [0.1, 0.15) is 26.6 Å². The maximum absolute atomic E-state index is 12.5. The molecule has 0 unspecified atom stereocenters. The number of carbonyl (C=O) groups excluding carboxylic acids is 1. The van der Waals surface area contributed by atoms with Gasteiger partial charge in [0.25, 0.3) is 5.91 Å². The highest BCUT2D eigenvalue weighted by Gasteiger charge is 2.17. The zero-order valence-corrected chi connectivity index (χ0v) is 20.6. The number of thioether (sulfide) groups is 1. The van der Waals surface area contributed by atoms with Gasteiger partial charge in [-0.3, -0.25) is 14.3 Å². The third kappa shape index (κ3) is 5.47. The van der Waals surface area contributed by atoms with Crippen molar-refractivity contribution in [2.75, 3.05) is 0 Å². The molecule has 2 aromatic carbocycles. The highest BCUT2D eigenvalue weighted by atomic mass is 32.2. The summed E-state index contributed by atoms with van der Waals surface area (Å²) in [7, 11) is 0. The lowest BCUT2D eigenvalue weighted by atomic mass is 10.2. The third-order valence-corrected chi connectivity index (χ3v) is 7.24. The van der Waals surface area contributed by atoms with E-state index in [4.69, 9.17) is 0 Å². The summed E-state index contributed by atoms with van der Waals surface area (Å²) in [6.45, 7) is 2.53. The number of benzene rings is 2. The van der Waals surface area contributed by atoms with Crippen LogP contribution >= 0.6 is 23.1 Å². The van der Waals surface area contributed by atoms with Crippen LogP contribution in [0.5, 0.6) is 0 Å². The largest absolute Gasteiger partial charge is 0.347 e. The number of carbonyl (C=O) groups is 1. The molecule has 0 saturated carbocycles. The Labute approximate surface area is 211 Å². The molecule has 7 nitrogen and oxygen atoms in total. The molecule has 9 heteroatoms. The number of nitrogens with one attached hydrogen (secondary N) is 1. The van der Waals surface area contributed by atoms with Gasteiger partial charge in [0.2, 0.25) is 0 Å². The lowest BCUT2D eigenvalue weighted by molar-refractivity contribution is 0.0946. The lowest BCUT2D eigenvalue weighted by Gasteiger charge is -2.10. The molecule has 1 amide bonds. The van der Waals surface area contributed by atoms with E-state index in [0.717, 1.165) is 32.8 Å². The van der Waals surface area contributed by atoms with E-state index in [1.54, 1.807) is 17.8 Å². The summed E-state index contributed by atoms with van der Waals surface area (Å²) in [5.74, 6) is 1.15. The van der Waals surface area contributed by atoms with E-state index < -0.39 is 0 Å². The quantitative estimate of drug-likeness (QED) is 0.292. The monoisotopic (exact) mass is 498 g/mol. The lowest BCUT2D eigenvalue weighted by Crippen LogP contribution is -2.23. The normalized spacial score (nSPS) is 10.9. The molecule has 0 aliphatic rings. The maximum atomic E-state index is 12.5. The summed E-state index contributed by atoms with van der Waals surface area (Å²) < 4.78 is 2.04. The number of hydrogen-bond acceptors (Lipinski definition) is 7. The summed E-state index contributed by atoms with van der Waals surface area (Å²) in [6.07, 6.45) is 3.49. The molecule has 0 radical (unpaired) electrons. The van der Waals surface area contributed by atoms with Crippen LogP contribution in [0.15, 0.2) is 89.7 Å². The van der Waals surface area contributed by atoms with Gasteiger partial charge < -0.3 is 5.32 Å². The Bertz CT molecular complexity index is 1420. The second-order valence-corrected chi connectivity index (χ2v) is 9.68. The number of nitrogens with zero attached hydrogens (tertiary/aromatic N) is 5. The minimum absolute atomic E-state index is 0.177. The van der Waals surface area contributed by atoms with E-state index in [9.17, 15) is 4.79 Å². The fourth-order valence-corrected chi connectivity index (χ4v) is 5.20. The molecule has 5 aromatic rings. The molecular formula is C26H22N6OS2. The highest BCUT2D eigenvalue weighted by Crippen LogP contribution is 2.30. The SMILES string of the molecule is Cc1ccc(-n2c(SCc3nc(C(=O)NCc4ccccc4)cs3)nnc2-c2ccncc2)cc1. The van der Waals surface area contributed by atoms with Crippen LogP contribution in [0, 0.1) is 6.92 Å². The van der Waals surface area contributed by atoms with Crippen LogP contribution in [-0.2, 0) is 12.3 Å². The van der Waals surface area contributed by atoms with E-state index >= 15 is 0 Å². The Morgan fingerprint density at radius 2 is 1.77 bits per heavy atom. The Kier molecular flexibility index (Phi) is 6.97. The zero-order valence-electron chi connectivity index (χ0n) is 19.0. The first-order valence-corrected chi connectivity index (χ1v) is 12.9. The van der Waals surface area contributed by atoms with Crippen molar-refractivity contribution in [1.29, 1.82) is 0 Å². The molecule has 0 fully saturated rings. The number of amides is 1. The van der Waals surface area contributed by atoms with E-state index in [1.165, 1.54) is 28.7 Å². The topological polar surface area (TPSA) is 85.6 Å². The van der Waals surface area contributed by atoms with Crippen molar-refractivity contribution in [2.45, 2.75) is 24.4 Å². The molecule has 0 bridgehead atoms. The molecule has 0 saturated heterocycles. The number of hydrogen-bond donors (Lipinski definition) is 1. The van der Waals surface area contributed by atoms with E-state index in [1.807, 2.05) is 47.0 Å². The first-order chi connectivity index (χ1) is 17.2. The molecule has 0 aliphatic carbocycles. The van der Waals surface area contributed by atoms with Gasteiger partial charge in [0.05, 0.1) is 5.75 Å². The summed E-state index contributed by atoms with van der Waals surface area (Å²) in [5.41, 5.74) is 4.58. The van der Waals surface area contributed by atoms with Gasteiger partial charge in [-0.15, -0.1) is 21.5 Å². The molecule has 5 rings (SSSR count). The fraction of sp³-hybridized carbons (Fsp3) is 0.115. The summed E-state index contributed by atoms with van der Waals surface area (Å²) >= 11 is 3.01. The van der Waals surface area contributed by atoms with Crippen LogP contribution in [0.2, 0.25) is 0 Å². The van der Waals surface area contributed by atoms with Gasteiger partial charge in [-0.25, -0.2) is 4.98 Å². The summed E-state index contributed by atoms with van der Waals surface area (Å²) in [4.78, 5) is 21.2. The second-order valence-electron chi connectivity index (χ2n) is 7.80. The van der Waals surface area contributed by atoms with Gasteiger partial charge in [-0.1, -0.05) is 59.8 Å². The van der Waals surface area contributed by atoms with Crippen molar-refractivity contribution in [2.24, 2.45) is 0 Å². The molecule has 0 spiro atoms. The van der Waals surface area contributed by atoms with Crippen LogP contribution in [0.3, 0.4) is 0 Å². The number of rotatable bonds is 8. The van der Waals surface area contributed by atoms with Crippen molar-refractivity contribution < 1.29 is 4.79 Å². The number of aromatic nitrogens is 5. The predicted molar refractivity (Wildman–Crippen MR) is 139 cm³/mol. The molecule has 3 heterocycles. The van der Waals surface area contributed by atoms with Gasteiger partial charge in [0, 0.05) is 35.6 Å². The van der Waals surface area contributed by atoms with Crippen LogP contribution < -0.4 is 5.32 Å². The molecular weight excluding hydrogens is 476 g/mol. The average Bonchev–Trinajstić information content (AvgIpc) is 3.55. The fourth-order valence-electron chi connectivity index (χ4n) is 3.45. The van der Waals surface area contributed by atoms with Crippen molar-refractivity contribution in [1.82, 2.24) is 30.0 Å². The van der Waals surface area contributed by atoms with E-state index in [-0.39, 0.29) is 5.91 Å². The van der Waals surface area contributed by atoms with Crippen LogP contribution in [-0.4, -0.2) is 30.6 Å². The third-order valence-electron chi connectivity index (χ3n) is 5.27. The Morgan fingerprint density at radius 1 is 1.00 bits per heavy atom. The van der Waals surface area contributed by atoms with Crippen molar-refractivity contribution in [3.8, 4) is 17.1 Å². The van der Waals surface area contributed by atoms with Crippen LogP contribution in [0.4, 0.5) is 0 Å². The average molecular weight is 499 g/mol. The number of aryl methyl sites for hydroxylation is 1. The standard InChI is InChI=1S/C26H22N6OS2/c1-18-7-9-21(10-8-18)32-24(20-11-13-27-14-12-20)30-31-26(32)35-17-23-29-22(16-34-23)25(33)28-15-19-5-3-2-4-6-19/h2-14,16H,15,17H2,1H3,(H,28,33). The molecule has 0 aliphatic heterocycles. The minimum Gasteiger partial charge on any atom is -0.347 e. The van der Waals surface area contributed by atoms with E-state index in [0.29, 0.717) is 18.0 Å².